The minimum Gasteiger partial charge on any atom is -0.478 e. The molecular weight excluding hydrogens is 249 g/mol. The van der Waals surface area contributed by atoms with Crippen molar-refractivity contribution in [3.63, 3.8) is 0 Å². The summed E-state index contributed by atoms with van der Waals surface area (Å²) in [5.41, 5.74) is 0.352. The Morgan fingerprint density at radius 3 is 2.84 bits per heavy atom. The lowest BCUT2D eigenvalue weighted by Gasteiger charge is -2.02. The van der Waals surface area contributed by atoms with Gasteiger partial charge in [0.1, 0.15) is 17.3 Å². The van der Waals surface area contributed by atoms with Crippen molar-refractivity contribution in [2.24, 2.45) is 0 Å². The SMILES string of the molecule is O=C(O)c1cn(-c2ccccn2)c2ncc(F)cc12. The van der Waals surface area contributed by atoms with E-state index in [2.05, 4.69) is 9.97 Å². The van der Waals surface area contributed by atoms with Crippen LogP contribution in [0.1, 0.15) is 10.4 Å². The number of halogens is 1. The fourth-order valence-electron chi connectivity index (χ4n) is 1.92. The van der Waals surface area contributed by atoms with Crippen LogP contribution in [0.3, 0.4) is 0 Å². The number of carbonyl (C=O) groups is 1. The van der Waals surface area contributed by atoms with Crippen LogP contribution in [0.25, 0.3) is 16.9 Å². The smallest absolute Gasteiger partial charge is 0.337 e. The van der Waals surface area contributed by atoms with E-state index in [4.69, 9.17) is 5.11 Å². The van der Waals surface area contributed by atoms with Crippen LogP contribution in [0.5, 0.6) is 0 Å². The van der Waals surface area contributed by atoms with E-state index in [0.717, 1.165) is 12.3 Å². The third-order valence-electron chi connectivity index (χ3n) is 2.74. The van der Waals surface area contributed by atoms with E-state index >= 15 is 0 Å². The normalized spacial score (nSPS) is 10.8. The van der Waals surface area contributed by atoms with Crippen LogP contribution in [0, 0.1) is 5.82 Å². The Morgan fingerprint density at radius 2 is 2.16 bits per heavy atom. The summed E-state index contributed by atoms with van der Waals surface area (Å²) in [6.07, 6.45) is 4.03. The Morgan fingerprint density at radius 1 is 1.32 bits per heavy atom. The summed E-state index contributed by atoms with van der Waals surface area (Å²) in [6, 6.07) is 6.40. The first kappa shape index (κ1) is 11.3. The molecule has 0 amide bonds. The van der Waals surface area contributed by atoms with Gasteiger partial charge in [-0.1, -0.05) is 6.07 Å². The number of hydrogen-bond donors (Lipinski definition) is 1. The molecule has 0 spiro atoms. The topological polar surface area (TPSA) is 68.0 Å². The Kier molecular flexibility index (Phi) is 2.49. The van der Waals surface area contributed by atoms with E-state index in [-0.39, 0.29) is 10.9 Å². The van der Waals surface area contributed by atoms with E-state index in [9.17, 15) is 9.18 Å². The fourth-order valence-corrected chi connectivity index (χ4v) is 1.92. The molecule has 0 fully saturated rings. The van der Waals surface area contributed by atoms with E-state index < -0.39 is 11.8 Å². The molecule has 0 aliphatic carbocycles. The number of carboxylic acids is 1. The summed E-state index contributed by atoms with van der Waals surface area (Å²) < 4.78 is 14.7. The molecular formula is C13H8FN3O2. The van der Waals surface area contributed by atoms with Crippen molar-refractivity contribution < 1.29 is 14.3 Å². The molecule has 0 saturated heterocycles. The number of nitrogens with zero attached hydrogens (tertiary/aromatic N) is 3. The lowest BCUT2D eigenvalue weighted by Crippen LogP contribution is -1.96. The second-order valence-electron chi connectivity index (χ2n) is 3.93. The van der Waals surface area contributed by atoms with E-state index in [1.165, 1.54) is 10.8 Å². The van der Waals surface area contributed by atoms with Gasteiger partial charge in [-0.3, -0.25) is 4.57 Å². The van der Waals surface area contributed by atoms with Gasteiger partial charge in [0.2, 0.25) is 0 Å². The molecule has 0 aliphatic heterocycles. The van der Waals surface area contributed by atoms with Gasteiger partial charge in [-0.05, 0) is 18.2 Å². The van der Waals surface area contributed by atoms with Crippen LogP contribution < -0.4 is 0 Å². The third-order valence-corrected chi connectivity index (χ3v) is 2.74. The Balaban J connectivity index is 2.35. The maximum Gasteiger partial charge on any atom is 0.337 e. The first-order valence-corrected chi connectivity index (χ1v) is 5.48. The van der Waals surface area contributed by atoms with Crippen molar-refractivity contribution in [3.05, 3.63) is 54.2 Å². The number of aromatic carboxylic acids is 1. The number of pyridine rings is 2. The van der Waals surface area contributed by atoms with Crippen LogP contribution in [0.15, 0.2) is 42.9 Å². The molecule has 5 nitrogen and oxygen atoms in total. The lowest BCUT2D eigenvalue weighted by molar-refractivity contribution is 0.0699. The molecule has 3 rings (SSSR count). The molecule has 0 unspecified atom stereocenters. The summed E-state index contributed by atoms with van der Waals surface area (Å²) in [5, 5.41) is 9.40. The number of aromatic nitrogens is 3. The lowest BCUT2D eigenvalue weighted by atomic mass is 10.2. The van der Waals surface area contributed by atoms with Crippen molar-refractivity contribution in [3.8, 4) is 5.82 Å². The molecule has 0 saturated carbocycles. The predicted molar refractivity (Wildman–Crippen MR) is 65.8 cm³/mol. The quantitative estimate of drug-likeness (QED) is 0.764. The van der Waals surface area contributed by atoms with Crippen molar-refractivity contribution >= 4 is 17.0 Å². The van der Waals surface area contributed by atoms with Crippen molar-refractivity contribution in [2.75, 3.05) is 0 Å². The van der Waals surface area contributed by atoms with Gasteiger partial charge in [0, 0.05) is 17.8 Å². The van der Waals surface area contributed by atoms with Gasteiger partial charge in [-0.15, -0.1) is 0 Å². The van der Waals surface area contributed by atoms with Gasteiger partial charge in [-0.2, -0.15) is 0 Å². The van der Waals surface area contributed by atoms with Gasteiger partial charge >= 0.3 is 5.97 Å². The molecule has 3 aromatic heterocycles. The number of hydrogen-bond acceptors (Lipinski definition) is 3. The Labute approximate surface area is 107 Å². The molecule has 0 atom stereocenters. The molecule has 0 bridgehead atoms. The highest BCUT2D eigenvalue weighted by atomic mass is 19.1. The van der Waals surface area contributed by atoms with Gasteiger partial charge in [-0.25, -0.2) is 19.2 Å². The molecule has 0 aromatic carbocycles. The van der Waals surface area contributed by atoms with E-state index in [1.807, 2.05) is 0 Å². The van der Waals surface area contributed by atoms with Gasteiger partial charge in [0.15, 0.2) is 0 Å². The molecule has 0 aliphatic rings. The van der Waals surface area contributed by atoms with Crippen molar-refractivity contribution in [1.29, 1.82) is 0 Å². The highest BCUT2D eigenvalue weighted by molar-refractivity contribution is 6.02. The minimum absolute atomic E-state index is 0.00680. The zero-order valence-corrected chi connectivity index (χ0v) is 9.62. The average Bonchev–Trinajstić information content (AvgIpc) is 2.78. The van der Waals surface area contributed by atoms with Gasteiger partial charge < -0.3 is 5.11 Å². The summed E-state index contributed by atoms with van der Waals surface area (Å²) in [5.74, 6) is -1.18. The number of fused-ring (bicyclic) bond motifs is 1. The summed E-state index contributed by atoms with van der Waals surface area (Å²) in [6.45, 7) is 0. The standard InChI is InChI=1S/C13H8FN3O2/c14-8-5-9-10(13(18)19)7-17(12(9)16-6-8)11-3-1-2-4-15-11/h1-7H,(H,18,19). The minimum atomic E-state index is -1.13. The molecule has 1 N–H and O–H groups in total. The van der Waals surface area contributed by atoms with Crippen LogP contribution in [0.4, 0.5) is 4.39 Å². The van der Waals surface area contributed by atoms with Crippen molar-refractivity contribution in [2.45, 2.75) is 0 Å². The molecule has 19 heavy (non-hydrogen) atoms. The summed E-state index contributed by atoms with van der Waals surface area (Å²) >= 11 is 0. The monoisotopic (exact) mass is 257 g/mol. The van der Waals surface area contributed by atoms with Crippen molar-refractivity contribution in [1.82, 2.24) is 14.5 Å². The molecule has 6 heteroatoms. The van der Waals surface area contributed by atoms with E-state index in [1.54, 1.807) is 24.4 Å². The molecule has 3 aromatic rings. The molecule has 94 valence electrons. The Bertz CT molecular complexity index is 768. The van der Waals surface area contributed by atoms with E-state index in [0.29, 0.717) is 11.5 Å². The zero-order valence-electron chi connectivity index (χ0n) is 9.62. The second kappa shape index (κ2) is 4.16. The summed E-state index contributed by atoms with van der Waals surface area (Å²) in [7, 11) is 0. The highest BCUT2D eigenvalue weighted by Crippen LogP contribution is 2.23. The maximum atomic E-state index is 13.2. The summed E-state index contributed by atoms with van der Waals surface area (Å²) in [4.78, 5) is 19.3. The molecule has 3 heterocycles. The van der Waals surface area contributed by atoms with Crippen LogP contribution in [0.2, 0.25) is 0 Å². The van der Waals surface area contributed by atoms with Crippen LogP contribution >= 0.6 is 0 Å². The largest absolute Gasteiger partial charge is 0.478 e. The highest BCUT2D eigenvalue weighted by Gasteiger charge is 2.17. The molecule has 0 radical (unpaired) electrons. The zero-order chi connectivity index (χ0) is 13.4. The number of carboxylic acid groups (broad SMARTS) is 1. The van der Waals surface area contributed by atoms with Gasteiger partial charge in [0.05, 0.1) is 11.8 Å². The van der Waals surface area contributed by atoms with Crippen LogP contribution in [-0.2, 0) is 0 Å². The maximum absolute atomic E-state index is 13.2. The number of rotatable bonds is 2. The Hall–Kier alpha value is -2.76. The average molecular weight is 257 g/mol. The second-order valence-corrected chi connectivity index (χ2v) is 3.93. The van der Waals surface area contributed by atoms with Crippen LogP contribution in [-0.4, -0.2) is 25.6 Å². The predicted octanol–water partition coefficient (Wildman–Crippen LogP) is 2.26. The fraction of sp³-hybridized carbons (Fsp3) is 0. The first-order chi connectivity index (χ1) is 9.16. The first-order valence-electron chi connectivity index (χ1n) is 5.48. The third kappa shape index (κ3) is 1.83. The van der Waals surface area contributed by atoms with Gasteiger partial charge in [0.25, 0.3) is 0 Å².